The molecule has 0 saturated heterocycles. The average molecular weight is 304 g/mol. The van der Waals surface area contributed by atoms with Crippen LogP contribution in [0.1, 0.15) is 27.7 Å². The number of anilines is 1. The number of thioether (sulfide) groups is 1. The van der Waals surface area contributed by atoms with E-state index in [-0.39, 0.29) is 16.6 Å². The molecule has 0 aliphatic heterocycles. The van der Waals surface area contributed by atoms with Crippen molar-refractivity contribution in [1.82, 2.24) is 9.78 Å². The van der Waals surface area contributed by atoms with Crippen LogP contribution in [0.5, 0.6) is 0 Å². The summed E-state index contributed by atoms with van der Waals surface area (Å²) in [6.45, 7) is 8.86. The molecular weight excluding hydrogens is 282 g/mol. The molecule has 0 aromatic carbocycles. The van der Waals surface area contributed by atoms with Gasteiger partial charge in [0.1, 0.15) is 5.02 Å². The Hall–Kier alpha value is -0.680. The Morgan fingerprint density at radius 3 is 2.74 bits per heavy atom. The molecule has 1 atom stereocenters. The van der Waals surface area contributed by atoms with Gasteiger partial charge in [-0.05, 0) is 18.6 Å². The number of aromatic nitrogens is 2. The Labute approximate surface area is 123 Å². The maximum atomic E-state index is 12.0. The summed E-state index contributed by atoms with van der Waals surface area (Å²) in [7, 11) is 0. The minimum atomic E-state index is -0.226. The lowest BCUT2D eigenvalue weighted by atomic mass is 10.2. The van der Waals surface area contributed by atoms with Crippen LogP contribution < -0.4 is 10.9 Å². The third-order valence-corrected chi connectivity index (χ3v) is 4.01. The van der Waals surface area contributed by atoms with Crippen molar-refractivity contribution in [3.05, 3.63) is 21.6 Å². The van der Waals surface area contributed by atoms with Gasteiger partial charge >= 0.3 is 0 Å². The molecule has 4 nitrogen and oxygen atoms in total. The second-order valence-corrected chi connectivity index (χ2v) is 6.66. The topological polar surface area (TPSA) is 46.9 Å². The van der Waals surface area contributed by atoms with Crippen LogP contribution in [0.15, 0.2) is 11.0 Å². The van der Waals surface area contributed by atoms with Crippen molar-refractivity contribution in [2.45, 2.75) is 40.3 Å². The zero-order valence-corrected chi connectivity index (χ0v) is 13.5. The van der Waals surface area contributed by atoms with Crippen LogP contribution in [0.25, 0.3) is 0 Å². The molecule has 1 heterocycles. The fourth-order valence-electron chi connectivity index (χ4n) is 1.64. The number of hydrogen-bond donors (Lipinski definition) is 1. The molecule has 0 fully saturated rings. The van der Waals surface area contributed by atoms with Crippen molar-refractivity contribution in [2.24, 2.45) is 5.92 Å². The van der Waals surface area contributed by atoms with Gasteiger partial charge in [0.05, 0.1) is 11.9 Å². The summed E-state index contributed by atoms with van der Waals surface area (Å²) in [6.07, 6.45) is 1.64. The molecule has 1 N–H and O–H groups in total. The van der Waals surface area contributed by atoms with Gasteiger partial charge in [-0.2, -0.15) is 16.9 Å². The Kier molecular flexibility index (Phi) is 6.72. The second kappa shape index (κ2) is 7.80. The highest BCUT2D eigenvalue weighted by Crippen LogP contribution is 2.17. The molecule has 1 rings (SSSR count). The summed E-state index contributed by atoms with van der Waals surface area (Å²) in [6, 6.07) is 0.254. The number of nitrogens with zero attached hydrogens (tertiary/aromatic N) is 2. The van der Waals surface area contributed by atoms with Gasteiger partial charge < -0.3 is 5.32 Å². The van der Waals surface area contributed by atoms with Crippen LogP contribution in [0.3, 0.4) is 0 Å². The third-order valence-electron chi connectivity index (χ3n) is 2.50. The van der Waals surface area contributed by atoms with Crippen LogP contribution in [0.2, 0.25) is 5.02 Å². The van der Waals surface area contributed by atoms with Gasteiger partial charge in [0, 0.05) is 18.3 Å². The predicted octanol–water partition coefficient (Wildman–Crippen LogP) is 3.11. The van der Waals surface area contributed by atoms with Crippen molar-refractivity contribution in [2.75, 3.05) is 16.8 Å². The average Bonchev–Trinajstić information content (AvgIpc) is 2.35. The van der Waals surface area contributed by atoms with Gasteiger partial charge in [-0.3, -0.25) is 4.79 Å². The lowest BCUT2D eigenvalue weighted by molar-refractivity contribution is 0.464. The first-order valence-corrected chi connectivity index (χ1v) is 8.08. The second-order valence-electron chi connectivity index (χ2n) is 4.96. The monoisotopic (exact) mass is 303 g/mol. The molecule has 19 heavy (non-hydrogen) atoms. The molecule has 1 unspecified atom stereocenters. The zero-order valence-electron chi connectivity index (χ0n) is 11.9. The highest BCUT2D eigenvalue weighted by molar-refractivity contribution is 7.99. The van der Waals surface area contributed by atoms with Crippen molar-refractivity contribution < 1.29 is 0 Å². The first kappa shape index (κ1) is 16.4. The first-order chi connectivity index (χ1) is 8.95. The summed E-state index contributed by atoms with van der Waals surface area (Å²) in [5, 5.41) is 7.63. The maximum Gasteiger partial charge on any atom is 0.287 e. The highest BCUT2D eigenvalue weighted by atomic mass is 35.5. The van der Waals surface area contributed by atoms with Crippen LogP contribution in [0.4, 0.5) is 5.69 Å². The molecule has 6 heteroatoms. The van der Waals surface area contributed by atoms with Gasteiger partial charge in [-0.1, -0.05) is 32.4 Å². The molecule has 0 amide bonds. The smallest absolute Gasteiger partial charge is 0.287 e. The molecule has 0 aliphatic rings. The Bertz CT molecular complexity index is 462. The summed E-state index contributed by atoms with van der Waals surface area (Å²) < 4.78 is 1.42. The third kappa shape index (κ3) is 5.07. The molecule has 0 radical (unpaired) electrons. The molecule has 108 valence electrons. The number of rotatable bonds is 7. The molecule has 0 aliphatic carbocycles. The van der Waals surface area contributed by atoms with E-state index in [4.69, 9.17) is 11.6 Å². The lowest BCUT2D eigenvalue weighted by Gasteiger charge is -2.16. The van der Waals surface area contributed by atoms with Gasteiger partial charge in [0.2, 0.25) is 0 Å². The zero-order chi connectivity index (χ0) is 14.4. The van der Waals surface area contributed by atoms with E-state index in [0.717, 1.165) is 11.5 Å². The molecule has 1 aromatic heterocycles. The van der Waals surface area contributed by atoms with Crippen molar-refractivity contribution in [1.29, 1.82) is 0 Å². The van der Waals surface area contributed by atoms with Gasteiger partial charge in [0.25, 0.3) is 5.56 Å². The number of nitrogens with one attached hydrogen (secondary N) is 1. The van der Waals surface area contributed by atoms with Crippen LogP contribution in [-0.4, -0.2) is 27.3 Å². The lowest BCUT2D eigenvalue weighted by Crippen LogP contribution is -2.28. The molecule has 0 spiro atoms. The molecule has 0 bridgehead atoms. The molecular formula is C13H22ClN3OS. The fraction of sp³-hybridized carbons (Fsp3) is 0.692. The van der Waals surface area contributed by atoms with Crippen molar-refractivity contribution in [3.8, 4) is 0 Å². The Balaban J connectivity index is 2.81. The van der Waals surface area contributed by atoms with Gasteiger partial charge in [-0.15, -0.1) is 0 Å². The standard InChI is InChI=1S/C13H22ClN3OS/c1-5-19-8-10(4)16-11-6-15-17(7-9(2)3)13(18)12(11)14/h6,9-10,16H,5,7-8H2,1-4H3. The largest absolute Gasteiger partial charge is 0.379 e. The van der Waals surface area contributed by atoms with Gasteiger partial charge in [0.15, 0.2) is 0 Å². The summed E-state index contributed by atoms with van der Waals surface area (Å²) in [5.41, 5.74) is 0.395. The quantitative estimate of drug-likeness (QED) is 0.841. The minimum Gasteiger partial charge on any atom is -0.379 e. The van der Waals surface area contributed by atoms with Crippen LogP contribution >= 0.6 is 23.4 Å². The van der Waals surface area contributed by atoms with Crippen molar-refractivity contribution in [3.63, 3.8) is 0 Å². The molecule has 1 aromatic rings. The minimum absolute atomic E-state index is 0.226. The fourth-order valence-corrected chi connectivity index (χ4v) is 2.52. The Morgan fingerprint density at radius 1 is 1.47 bits per heavy atom. The maximum absolute atomic E-state index is 12.0. The Morgan fingerprint density at radius 2 is 2.16 bits per heavy atom. The summed E-state index contributed by atoms with van der Waals surface area (Å²) in [4.78, 5) is 12.0. The SMILES string of the molecule is CCSCC(C)Nc1cnn(CC(C)C)c(=O)c1Cl. The van der Waals surface area contributed by atoms with E-state index in [2.05, 4.69) is 24.3 Å². The van der Waals surface area contributed by atoms with E-state index < -0.39 is 0 Å². The number of hydrogen-bond acceptors (Lipinski definition) is 4. The predicted molar refractivity (Wildman–Crippen MR) is 84.4 cm³/mol. The van der Waals surface area contributed by atoms with Crippen molar-refractivity contribution >= 4 is 29.1 Å². The number of halogens is 1. The van der Waals surface area contributed by atoms with E-state index in [1.807, 2.05) is 25.6 Å². The summed E-state index contributed by atoms with van der Waals surface area (Å²) in [5.74, 6) is 2.41. The van der Waals surface area contributed by atoms with Crippen LogP contribution in [0, 0.1) is 5.92 Å². The normalized spacial score (nSPS) is 12.7. The molecule has 0 saturated carbocycles. The van der Waals surface area contributed by atoms with E-state index >= 15 is 0 Å². The van der Waals surface area contributed by atoms with E-state index in [1.54, 1.807) is 6.20 Å². The summed E-state index contributed by atoms with van der Waals surface area (Å²) >= 11 is 7.97. The van der Waals surface area contributed by atoms with E-state index in [9.17, 15) is 4.79 Å². The van der Waals surface area contributed by atoms with E-state index in [0.29, 0.717) is 18.2 Å². The van der Waals surface area contributed by atoms with E-state index in [1.165, 1.54) is 4.68 Å². The first-order valence-electron chi connectivity index (χ1n) is 6.55. The van der Waals surface area contributed by atoms with Gasteiger partial charge in [-0.25, -0.2) is 4.68 Å². The highest BCUT2D eigenvalue weighted by Gasteiger charge is 2.12. The van der Waals surface area contributed by atoms with Crippen LogP contribution in [-0.2, 0) is 6.54 Å².